The van der Waals surface area contributed by atoms with Crippen molar-refractivity contribution in [2.24, 2.45) is 0 Å². The third kappa shape index (κ3) is 4.51. The number of halogens is 3. The molecule has 1 aliphatic rings. The number of carbonyl (C=O) groups excluding carboxylic acids is 1. The number of nitrogens with zero attached hydrogens (tertiary/aromatic N) is 1. The van der Waals surface area contributed by atoms with Gasteiger partial charge in [0.2, 0.25) is 5.91 Å². The molecule has 3 aromatic rings. The highest BCUT2D eigenvalue weighted by Gasteiger charge is 2.30. The van der Waals surface area contributed by atoms with Crippen molar-refractivity contribution in [1.29, 1.82) is 0 Å². The highest BCUT2D eigenvalue weighted by atomic mass is 32.1. The standard InChI is InChI=1S/C20H15F3N2O3S/c21-20(22,23)14-3-1-2-12(8-14)9-18(26)25-19-24-15(11-29-19)13-4-5-16-17(10-13)28-7-6-27-16/h1-5,8,10-11H,6-7,9H2,(H,24,25,26). The Morgan fingerprint density at radius 1 is 1.10 bits per heavy atom. The lowest BCUT2D eigenvalue weighted by molar-refractivity contribution is -0.137. The largest absolute Gasteiger partial charge is 0.486 e. The number of rotatable bonds is 4. The van der Waals surface area contributed by atoms with Crippen molar-refractivity contribution >= 4 is 22.4 Å². The molecule has 0 aliphatic carbocycles. The third-order valence-corrected chi connectivity index (χ3v) is 4.97. The second-order valence-electron chi connectivity index (χ2n) is 6.32. The summed E-state index contributed by atoms with van der Waals surface area (Å²) in [4.78, 5) is 16.6. The van der Waals surface area contributed by atoms with E-state index in [0.29, 0.717) is 35.5 Å². The maximum atomic E-state index is 12.8. The maximum Gasteiger partial charge on any atom is 0.416 e. The first-order valence-electron chi connectivity index (χ1n) is 8.70. The molecule has 0 saturated carbocycles. The summed E-state index contributed by atoms with van der Waals surface area (Å²) in [6, 6.07) is 10.2. The summed E-state index contributed by atoms with van der Waals surface area (Å²) in [6.45, 7) is 0.982. The van der Waals surface area contributed by atoms with Crippen LogP contribution in [0.25, 0.3) is 11.3 Å². The number of carbonyl (C=O) groups is 1. The molecule has 1 aromatic heterocycles. The Balaban J connectivity index is 1.43. The molecule has 1 aliphatic heterocycles. The predicted octanol–water partition coefficient (Wildman–Crippen LogP) is 4.78. The number of ether oxygens (including phenoxy) is 2. The number of anilines is 1. The molecule has 9 heteroatoms. The summed E-state index contributed by atoms with van der Waals surface area (Å²) in [5.74, 6) is 0.870. The van der Waals surface area contributed by atoms with Gasteiger partial charge in [-0.15, -0.1) is 11.3 Å². The number of aromatic nitrogens is 1. The highest BCUT2D eigenvalue weighted by Crippen LogP contribution is 2.35. The molecule has 0 bridgehead atoms. The molecule has 0 spiro atoms. The SMILES string of the molecule is O=C(Cc1cccc(C(F)(F)F)c1)Nc1nc(-c2ccc3c(c2)OCCO3)cs1. The van der Waals surface area contributed by atoms with Crippen molar-refractivity contribution in [3.63, 3.8) is 0 Å². The topological polar surface area (TPSA) is 60.5 Å². The minimum Gasteiger partial charge on any atom is -0.486 e. The number of alkyl halides is 3. The minimum absolute atomic E-state index is 0.178. The lowest BCUT2D eigenvalue weighted by Crippen LogP contribution is -2.15. The fourth-order valence-corrected chi connectivity index (χ4v) is 3.61. The Hall–Kier alpha value is -3.07. The highest BCUT2D eigenvalue weighted by molar-refractivity contribution is 7.14. The van der Waals surface area contributed by atoms with Crippen molar-refractivity contribution in [2.75, 3.05) is 18.5 Å². The molecular formula is C20H15F3N2O3S. The van der Waals surface area contributed by atoms with E-state index in [0.717, 1.165) is 17.7 Å². The van der Waals surface area contributed by atoms with E-state index in [9.17, 15) is 18.0 Å². The number of hydrogen-bond acceptors (Lipinski definition) is 5. The second-order valence-corrected chi connectivity index (χ2v) is 7.18. The first-order chi connectivity index (χ1) is 13.9. The van der Waals surface area contributed by atoms with Crippen LogP contribution in [0, 0.1) is 0 Å². The van der Waals surface area contributed by atoms with Crippen molar-refractivity contribution in [1.82, 2.24) is 4.98 Å². The normalized spacial score (nSPS) is 13.2. The fraction of sp³-hybridized carbons (Fsp3) is 0.200. The van der Waals surface area contributed by atoms with Gasteiger partial charge in [-0.2, -0.15) is 13.2 Å². The van der Waals surface area contributed by atoms with Crippen LogP contribution in [-0.4, -0.2) is 24.1 Å². The first kappa shape index (κ1) is 19.3. The summed E-state index contributed by atoms with van der Waals surface area (Å²) in [5, 5.41) is 4.78. The number of hydrogen-bond donors (Lipinski definition) is 1. The van der Waals surface area contributed by atoms with Crippen molar-refractivity contribution in [3.05, 3.63) is 59.0 Å². The number of fused-ring (bicyclic) bond motifs is 1. The second kappa shape index (κ2) is 7.75. The van der Waals surface area contributed by atoms with Gasteiger partial charge >= 0.3 is 6.18 Å². The van der Waals surface area contributed by atoms with E-state index < -0.39 is 17.6 Å². The van der Waals surface area contributed by atoms with Crippen LogP contribution in [0.5, 0.6) is 11.5 Å². The smallest absolute Gasteiger partial charge is 0.416 e. The molecule has 0 fully saturated rings. The zero-order chi connectivity index (χ0) is 20.4. The molecule has 0 unspecified atom stereocenters. The minimum atomic E-state index is -4.44. The predicted molar refractivity (Wildman–Crippen MR) is 102 cm³/mol. The van der Waals surface area contributed by atoms with Gasteiger partial charge in [-0.3, -0.25) is 4.79 Å². The third-order valence-electron chi connectivity index (χ3n) is 4.21. The van der Waals surface area contributed by atoms with E-state index in [2.05, 4.69) is 10.3 Å². The lowest BCUT2D eigenvalue weighted by atomic mass is 10.1. The molecule has 2 aromatic carbocycles. The van der Waals surface area contributed by atoms with E-state index in [1.54, 1.807) is 11.4 Å². The summed E-state index contributed by atoms with van der Waals surface area (Å²) in [7, 11) is 0. The monoisotopic (exact) mass is 420 g/mol. The van der Waals surface area contributed by atoms with Gasteiger partial charge in [0.15, 0.2) is 16.6 Å². The van der Waals surface area contributed by atoms with Crippen LogP contribution in [0.3, 0.4) is 0 Å². The van der Waals surface area contributed by atoms with Gasteiger partial charge in [0.25, 0.3) is 0 Å². The first-order valence-corrected chi connectivity index (χ1v) is 9.58. The summed E-state index contributed by atoms with van der Waals surface area (Å²) >= 11 is 1.23. The molecule has 1 amide bonds. The van der Waals surface area contributed by atoms with E-state index in [4.69, 9.17) is 9.47 Å². The average Bonchev–Trinajstić information content (AvgIpc) is 3.15. The molecule has 29 heavy (non-hydrogen) atoms. The molecule has 0 atom stereocenters. The zero-order valence-corrected chi connectivity index (χ0v) is 15.8. The Kier molecular flexibility index (Phi) is 5.14. The summed E-state index contributed by atoms with van der Waals surface area (Å²) in [6.07, 6.45) is -4.62. The molecule has 150 valence electrons. The van der Waals surface area contributed by atoms with Gasteiger partial charge < -0.3 is 14.8 Å². The van der Waals surface area contributed by atoms with Crippen LogP contribution >= 0.6 is 11.3 Å². The van der Waals surface area contributed by atoms with Crippen LogP contribution < -0.4 is 14.8 Å². The van der Waals surface area contributed by atoms with Gasteiger partial charge in [0, 0.05) is 10.9 Å². The van der Waals surface area contributed by atoms with Crippen LogP contribution in [-0.2, 0) is 17.4 Å². The van der Waals surface area contributed by atoms with E-state index in [1.807, 2.05) is 12.1 Å². The average molecular weight is 420 g/mol. The van der Waals surface area contributed by atoms with Crippen LogP contribution in [0.2, 0.25) is 0 Å². The van der Waals surface area contributed by atoms with E-state index >= 15 is 0 Å². The Bertz CT molecular complexity index is 1050. The van der Waals surface area contributed by atoms with Crippen LogP contribution in [0.15, 0.2) is 47.8 Å². The summed E-state index contributed by atoms with van der Waals surface area (Å²) < 4.78 is 49.4. The van der Waals surface area contributed by atoms with Gasteiger partial charge in [-0.05, 0) is 29.8 Å². The summed E-state index contributed by atoms with van der Waals surface area (Å²) in [5.41, 5.74) is 0.962. The van der Waals surface area contributed by atoms with Crippen molar-refractivity contribution < 1.29 is 27.4 Å². The molecular weight excluding hydrogens is 405 g/mol. The van der Waals surface area contributed by atoms with Crippen molar-refractivity contribution in [2.45, 2.75) is 12.6 Å². The fourth-order valence-electron chi connectivity index (χ4n) is 2.87. The molecule has 0 radical (unpaired) electrons. The molecule has 4 rings (SSSR count). The Labute approximate surface area is 168 Å². The molecule has 5 nitrogen and oxygen atoms in total. The number of benzene rings is 2. The van der Waals surface area contributed by atoms with Crippen LogP contribution in [0.1, 0.15) is 11.1 Å². The number of nitrogens with one attached hydrogen (secondary N) is 1. The Morgan fingerprint density at radius 2 is 1.90 bits per heavy atom. The van der Waals surface area contributed by atoms with Gasteiger partial charge in [0.1, 0.15) is 13.2 Å². The lowest BCUT2D eigenvalue weighted by Gasteiger charge is -2.18. The van der Waals surface area contributed by atoms with Gasteiger partial charge in [-0.1, -0.05) is 18.2 Å². The van der Waals surface area contributed by atoms with Crippen LogP contribution in [0.4, 0.5) is 18.3 Å². The molecule has 1 N–H and O–H groups in total. The maximum absolute atomic E-state index is 12.8. The molecule has 2 heterocycles. The quantitative estimate of drug-likeness (QED) is 0.660. The van der Waals surface area contributed by atoms with Gasteiger partial charge in [-0.25, -0.2) is 4.98 Å². The number of thiazole rings is 1. The van der Waals surface area contributed by atoms with E-state index in [1.165, 1.54) is 23.5 Å². The zero-order valence-electron chi connectivity index (χ0n) is 15.0. The molecule has 0 saturated heterocycles. The Morgan fingerprint density at radius 3 is 2.69 bits per heavy atom. The van der Waals surface area contributed by atoms with E-state index in [-0.39, 0.29) is 12.0 Å². The number of amides is 1. The van der Waals surface area contributed by atoms with Gasteiger partial charge in [0.05, 0.1) is 17.7 Å². The van der Waals surface area contributed by atoms with Crippen molar-refractivity contribution in [3.8, 4) is 22.8 Å².